The summed E-state index contributed by atoms with van der Waals surface area (Å²) in [5, 5.41) is 2.80. The lowest BCUT2D eigenvalue weighted by atomic mass is 10.3. The Morgan fingerprint density at radius 1 is 1.43 bits per heavy atom. The number of nitrogens with one attached hydrogen (secondary N) is 2. The van der Waals surface area contributed by atoms with E-state index in [9.17, 15) is 18.0 Å². The molecule has 0 bridgehead atoms. The van der Waals surface area contributed by atoms with Crippen molar-refractivity contribution in [3.63, 3.8) is 0 Å². The Morgan fingerprint density at radius 2 is 2.14 bits per heavy atom. The topological polar surface area (TPSA) is 72.6 Å². The van der Waals surface area contributed by atoms with Crippen LogP contribution in [0.25, 0.3) is 0 Å². The lowest BCUT2D eigenvalue weighted by molar-refractivity contribution is -0.0622. The van der Waals surface area contributed by atoms with Gasteiger partial charge in [-0.2, -0.15) is 0 Å². The van der Waals surface area contributed by atoms with E-state index in [0.29, 0.717) is 11.6 Å². The van der Waals surface area contributed by atoms with Gasteiger partial charge in [0.1, 0.15) is 12.8 Å². The summed E-state index contributed by atoms with van der Waals surface area (Å²) >= 11 is 0. The van der Waals surface area contributed by atoms with Gasteiger partial charge in [0, 0.05) is 12.6 Å². The lowest BCUT2D eigenvalue weighted by Crippen LogP contribution is -2.27. The van der Waals surface area contributed by atoms with Crippen molar-refractivity contribution in [1.29, 1.82) is 0 Å². The number of methoxy groups -OCH3 is 2. The number of aromatic amines is 1. The Hall–Kier alpha value is -1.90. The van der Waals surface area contributed by atoms with E-state index in [-0.39, 0.29) is 18.8 Å². The molecule has 9 heteroatoms. The van der Waals surface area contributed by atoms with Gasteiger partial charge in [0.15, 0.2) is 11.6 Å². The third-order valence-electron chi connectivity index (χ3n) is 2.58. The molecule has 6 nitrogen and oxygen atoms in total. The van der Waals surface area contributed by atoms with Gasteiger partial charge >= 0.3 is 5.97 Å². The highest BCUT2D eigenvalue weighted by Gasteiger charge is 2.21. The zero-order valence-electron chi connectivity index (χ0n) is 11.6. The van der Waals surface area contributed by atoms with E-state index in [1.165, 1.54) is 20.3 Å². The smallest absolute Gasteiger partial charge is 0.356 e. The number of alkyl halides is 3. The van der Waals surface area contributed by atoms with Crippen LogP contribution in [0.3, 0.4) is 0 Å². The van der Waals surface area contributed by atoms with Crippen LogP contribution >= 0.6 is 0 Å². The minimum absolute atomic E-state index is 0.105. The number of ether oxygens (including phenoxy) is 3. The molecule has 1 aromatic heterocycles. The summed E-state index contributed by atoms with van der Waals surface area (Å²) in [4.78, 5) is 14.2. The van der Waals surface area contributed by atoms with Crippen molar-refractivity contribution in [3.8, 4) is 5.88 Å². The van der Waals surface area contributed by atoms with Gasteiger partial charge in [-0.15, -0.1) is 0 Å². The zero-order valence-corrected chi connectivity index (χ0v) is 11.6. The predicted molar refractivity (Wildman–Crippen MR) is 68.9 cm³/mol. The molecule has 0 aliphatic carbocycles. The van der Waals surface area contributed by atoms with Crippen LogP contribution in [-0.4, -0.2) is 57.5 Å². The average Bonchev–Trinajstić information content (AvgIpc) is 2.89. The van der Waals surface area contributed by atoms with Crippen LogP contribution in [0.15, 0.2) is 6.07 Å². The standard InChI is InChI=1S/C12H17F3N2O4/c1-19-9-5-7(10(17-9)12(18)20-2)16-3-4-21-8(6-13)11(14)15/h5,8,11,16-17H,3-4,6H2,1-2H3. The molecule has 1 heterocycles. The molecule has 1 aromatic rings. The van der Waals surface area contributed by atoms with Crippen molar-refractivity contribution in [2.24, 2.45) is 0 Å². The number of carbonyl (C=O) groups excluding carboxylic acids is 1. The van der Waals surface area contributed by atoms with Crippen LogP contribution in [-0.2, 0) is 9.47 Å². The summed E-state index contributed by atoms with van der Waals surface area (Å²) < 4.78 is 50.9. The predicted octanol–water partition coefficient (Wildman–Crippen LogP) is 1.84. The van der Waals surface area contributed by atoms with Crippen molar-refractivity contribution in [2.75, 3.05) is 39.4 Å². The first kappa shape index (κ1) is 17.2. The second-order valence-electron chi connectivity index (χ2n) is 3.94. The van der Waals surface area contributed by atoms with Gasteiger partial charge in [-0.05, 0) is 0 Å². The molecule has 0 aliphatic heterocycles. The molecule has 120 valence electrons. The van der Waals surface area contributed by atoms with Crippen molar-refractivity contribution in [3.05, 3.63) is 11.8 Å². The van der Waals surface area contributed by atoms with Gasteiger partial charge in [-0.1, -0.05) is 0 Å². The fraction of sp³-hybridized carbons (Fsp3) is 0.583. The Labute approximate surface area is 119 Å². The van der Waals surface area contributed by atoms with E-state index < -0.39 is 25.2 Å². The second-order valence-corrected chi connectivity index (χ2v) is 3.94. The molecule has 0 amide bonds. The average molecular weight is 310 g/mol. The van der Waals surface area contributed by atoms with Gasteiger partial charge in [-0.3, -0.25) is 0 Å². The maximum absolute atomic E-state index is 12.2. The molecule has 1 atom stereocenters. The molecule has 0 saturated carbocycles. The summed E-state index contributed by atoms with van der Waals surface area (Å²) in [6, 6.07) is 1.51. The molecule has 0 fully saturated rings. The summed E-state index contributed by atoms with van der Waals surface area (Å²) in [6.45, 7) is -1.30. The largest absolute Gasteiger partial charge is 0.482 e. The van der Waals surface area contributed by atoms with Crippen LogP contribution in [0.1, 0.15) is 10.5 Å². The lowest BCUT2D eigenvalue weighted by Gasteiger charge is -2.13. The van der Waals surface area contributed by atoms with E-state index in [1.807, 2.05) is 0 Å². The number of rotatable bonds is 9. The molecule has 1 rings (SSSR count). The van der Waals surface area contributed by atoms with Gasteiger partial charge in [0.05, 0.1) is 26.5 Å². The normalized spacial score (nSPS) is 12.3. The summed E-state index contributed by atoms with van der Waals surface area (Å²) in [6.07, 6.45) is -4.62. The number of hydrogen-bond donors (Lipinski definition) is 2. The van der Waals surface area contributed by atoms with Crippen LogP contribution in [0.4, 0.5) is 18.9 Å². The van der Waals surface area contributed by atoms with E-state index >= 15 is 0 Å². The minimum atomic E-state index is -2.88. The van der Waals surface area contributed by atoms with Gasteiger partial charge < -0.3 is 24.5 Å². The number of esters is 1. The second kappa shape index (κ2) is 8.40. The zero-order chi connectivity index (χ0) is 15.8. The summed E-state index contributed by atoms with van der Waals surface area (Å²) in [5.41, 5.74) is 0.501. The highest BCUT2D eigenvalue weighted by atomic mass is 19.3. The Morgan fingerprint density at radius 3 is 2.67 bits per heavy atom. The number of halogens is 3. The highest BCUT2D eigenvalue weighted by Crippen LogP contribution is 2.22. The Bertz CT molecular complexity index is 454. The number of H-pyrrole nitrogens is 1. The summed E-state index contributed by atoms with van der Waals surface area (Å²) in [7, 11) is 2.63. The van der Waals surface area contributed by atoms with Crippen molar-refractivity contribution >= 4 is 11.7 Å². The number of anilines is 1. The van der Waals surface area contributed by atoms with Crippen molar-refractivity contribution in [2.45, 2.75) is 12.5 Å². The molecule has 0 spiro atoms. The first-order chi connectivity index (χ1) is 10.0. The van der Waals surface area contributed by atoms with Crippen LogP contribution in [0.2, 0.25) is 0 Å². The van der Waals surface area contributed by atoms with Gasteiger partial charge in [0.25, 0.3) is 6.43 Å². The first-order valence-corrected chi connectivity index (χ1v) is 6.08. The maximum Gasteiger partial charge on any atom is 0.356 e. The fourth-order valence-electron chi connectivity index (χ4n) is 1.52. The minimum Gasteiger partial charge on any atom is -0.482 e. The number of hydrogen-bond acceptors (Lipinski definition) is 5. The third kappa shape index (κ3) is 4.85. The Kier molecular flexibility index (Phi) is 6.86. The van der Waals surface area contributed by atoms with Crippen LogP contribution in [0, 0.1) is 0 Å². The Balaban J connectivity index is 2.55. The van der Waals surface area contributed by atoms with Gasteiger partial charge in [0.2, 0.25) is 0 Å². The molecule has 0 aliphatic rings. The number of aromatic nitrogens is 1. The SMILES string of the molecule is COC(=O)c1[nH]c(OC)cc1NCCOC(CF)C(F)F. The summed E-state index contributed by atoms with van der Waals surface area (Å²) in [5.74, 6) is -0.288. The molecule has 21 heavy (non-hydrogen) atoms. The van der Waals surface area contributed by atoms with Crippen LogP contribution in [0.5, 0.6) is 5.88 Å². The molecule has 2 N–H and O–H groups in total. The van der Waals surface area contributed by atoms with Crippen molar-refractivity contribution in [1.82, 2.24) is 4.98 Å². The molecule has 0 aromatic carbocycles. The first-order valence-electron chi connectivity index (χ1n) is 6.08. The van der Waals surface area contributed by atoms with E-state index in [2.05, 4.69) is 19.8 Å². The van der Waals surface area contributed by atoms with E-state index in [1.54, 1.807) is 0 Å². The molecular formula is C12H17F3N2O4. The molecule has 1 unspecified atom stereocenters. The molecule has 0 saturated heterocycles. The molecular weight excluding hydrogens is 293 g/mol. The fourth-order valence-corrected chi connectivity index (χ4v) is 1.52. The maximum atomic E-state index is 12.2. The van der Waals surface area contributed by atoms with Crippen LogP contribution < -0.4 is 10.1 Å². The highest BCUT2D eigenvalue weighted by molar-refractivity contribution is 5.94. The quantitative estimate of drug-likeness (QED) is 0.538. The molecule has 0 radical (unpaired) electrons. The number of carbonyl (C=O) groups is 1. The van der Waals surface area contributed by atoms with E-state index in [0.717, 1.165) is 0 Å². The van der Waals surface area contributed by atoms with E-state index in [4.69, 9.17) is 4.74 Å². The van der Waals surface area contributed by atoms with Gasteiger partial charge in [-0.25, -0.2) is 18.0 Å². The van der Waals surface area contributed by atoms with Crippen molar-refractivity contribution < 1.29 is 32.2 Å². The monoisotopic (exact) mass is 310 g/mol. The third-order valence-corrected chi connectivity index (χ3v) is 2.58.